The van der Waals surface area contributed by atoms with Crippen LogP contribution in [0.15, 0.2) is 194 Å². The van der Waals surface area contributed by atoms with Crippen molar-refractivity contribution in [2.75, 3.05) is 39.6 Å². The lowest BCUT2D eigenvalue weighted by atomic mass is 10.0. The summed E-state index contributed by atoms with van der Waals surface area (Å²) in [7, 11) is -9.84. The van der Waals surface area contributed by atoms with Gasteiger partial charge in [-0.3, -0.25) is 32.5 Å². The average Bonchev–Trinajstić information content (AvgIpc) is 0.914. The van der Waals surface area contributed by atoms with Gasteiger partial charge in [-0.05, 0) is 167 Å². The fourth-order valence-corrected chi connectivity index (χ4v) is 11.4. The molecule has 0 aliphatic carbocycles. The molecule has 0 radical (unpaired) electrons. The molecule has 0 aliphatic heterocycles. The molecule has 18 heteroatoms. The highest BCUT2D eigenvalue weighted by molar-refractivity contribution is 7.47. The van der Waals surface area contributed by atoms with Gasteiger partial charge in [0, 0.05) is 19.3 Å². The van der Waals surface area contributed by atoms with Crippen LogP contribution in [0.2, 0.25) is 0 Å². The maximum absolute atomic E-state index is 13.0. The number of allylic oxidation sites excluding steroid dienone is 32. The molecule has 0 saturated heterocycles. The summed E-state index contributed by atoms with van der Waals surface area (Å²) in [6, 6.07) is 0. The second-order valence-corrected chi connectivity index (χ2v) is 28.7. The minimum Gasteiger partial charge on any atom is -0.463 e. The number of phosphoric ester groups is 2. The van der Waals surface area contributed by atoms with E-state index in [0.717, 1.165) is 148 Å². The Bertz CT molecular complexity index is 2690. The van der Waals surface area contributed by atoms with Gasteiger partial charge in [-0.25, -0.2) is 9.13 Å². The largest absolute Gasteiger partial charge is 0.472 e. The molecule has 0 bridgehead atoms. The van der Waals surface area contributed by atoms with Gasteiger partial charge < -0.3 is 34.2 Å². The van der Waals surface area contributed by atoms with Gasteiger partial charge >= 0.3 is 33.6 Å². The van der Waals surface area contributed by atoms with Gasteiger partial charge in [0.1, 0.15) is 25.4 Å². The molecule has 0 spiro atoms. The summed E-state index contributed by atoms with van der Waals surface area (Å²) in [5.41, 5.74) is 0. The van der Waals surface area contributed by atoms with Crippen LogP contribution in [0.4, 0.5) is 0 Å². The van der Waals surface area contributed by atoms with E-state index in [9.17, 15) is 43.5 Å². The molecule has 0 rings (SSSR count). The first kappa shape index (κ1) is 99.4. The molecule has 0 heterocycles. The maximum atomic E-state index is 13.0. The van der Waals surface area contributed by atoms with Crippen LogP contribution in [0.5, 0.6) is 0 Å². The Morgan fingerprint density at radius 2 is 0.505 bits per heavy atom. The van der Waals surface area contributed by atoms with E-state index >= 15 is 0 Å². The van der Waals surface area contributed by atoms with Gasteiger partial charge in [0.15, 0.2) is 6.10 Å². The lowest BCUT2D eigenvalue weighted by Gasteiger charge is -2.21. The predicted octanol–water partition coefficient (Wildman–Crippen LogP) is 23.5. The van der Waals surface area contributed by atoms with E-state index in [1.54, 1.807) is 0 Å². The van der Waals surface area contributed by atoms with Crippen molar-refractivity contribution in [2.45, 2.75) is 296 Å². The van der Waals surface area contributed by atoms with E-state index in [4.69, 9.17) is 32.3 Å². The molecule has 0 aromatic heterocycles. The average molecular weight is 1500 g/mol. The molecule has 4 N–H and O–H groups in total. The number of hydrogen-bond donors (Lipinski definition) is 4. The minimum atomic E-state index is -4.97. The molecule has 0 saturated carbocycles. The molecular weight excluding hydrogens is 1360 g/mol. The van der Waals surface area contributed by atoms with E-state index in [-0.39, 0.29) is 19.3 Å². The Kier molecular flexibility index (Phi) is 73.8. The van der Waals surface area contributed by atoms with Crippen LogP contribution in [-0.4, -0.2) is 95.9 Å². The van der Waals surface area contributed by atoms with E-state index < -0.39 is 91.5 Å². The normalized spacial score (nSPS) is 15.0. The fourth-order valence-electron chi connectivity index (χ4n) is 9.79. The summed E-state index contributed by atoms with van der Waals surface area (Å²) in [6.07, 6.45) is 102. The second-order valence-electron chi connectivity index (χ2n) is 25.7. The van der Waals surface area contributed by atoms with Crippen molar-refractivity contribution >= 4 is 33.6 Å². The Morgan fingerprint density at radius 3 is 0.819 bits per heavy atom. The van der Waals surface area contributed by atoms with Crippen LogP contribution in [0.1, 0.15) is 278 Å². The van der Waals surface area contributed by atoms with Crippen LogP contribution in [-0.2, 0) is 55.8 Å². The van der Waals surface area contributed by atoms with Gasteiger partial charge in [-0.15, -0.1) is 0 Å². The standard InChI is InChI=1S/C87H140O16P2/c1-4-7-10-13-16-19-22-25-28-31-34-37-38-39-40-41-42-45-47-49-52-55-58-61-64-67-70-73-85(90)97-76-82(88)77-99-104(93,94)100-78-83(89)79-101-105(95,96)102-81-84(103-87(92)75-72-69-66-63-60-57-54-51-48-44-36-33-30-27-24-21-18-15-12-9-6-3)80-98-86(91)74-71-68-65-62-59-56-53-50-46-43-35-32-29-26-23-20-17-14-11-8-5-2/h8-9,11-12,16-21,25-30,34-37,39-40,43-44,50-51,53-54,59-60,62-63,82-84,88-89H,4-7,10,13-15,22-24,31-33,38,41-42,45-49,52,55-58,61,64-81H2,1-3H3,(H,93,94)(H,95,96)/b11-8-,12-9-,19-16-,20-17-,21-18-,28-25-,29-26-,30-27-,37-34-,40-39-,43-35-,44-36-,53-50-,54-51-,62-59-,63-60-. The monoisotopic (exact) mass is 1500 g/mol. The molecule has 0 aromatic carbocycles. The lowest BCUT2D eigenvalue weighted by Crippen LogP contribution is -2.30. The van der Waals surface area contributed by atoms with Gasteiger partial charge in [0.05, 0.1) is 26.4 Å². The number of aliphatic hydroxyl groups is 2. The molecular formula is C87H140O16P2. The minimum absolute atomic E-state index is 0.0306. The lowest BCUT2D eigenvalue weighted by molar-refractivity contribution is -0.161. The summed E-state index contributed by atoms with van der Waals surface area (Å²) in [5.74, 6) is -1.70. The second kappa shape index (κ2) is 78.0. The molecule has 0 aromatic rings. The molecule has 105 heavy (non-hydrogen) atoms. The molecule has 0 amide bonds. The van der Waals surface area contributed by atoms with Crippen molar-refractivity contribution in [3.05, 3.63) is 194 Å². The SMILES string of the molecule is CC/C=C\C/C=C\C/C=C\C/C=C\C/C=C\C/C=C\CCCCC(=O)OCC(COP(=O)(O)OCC(O)COP(=O)(O)OCC(O)COC(=O)CCCCCCCCCCCCC/C=C\C/C=C\C/C=C\C/C=C\CCCCC)OC(=O)CCCC/C=C\C/C=C\C/C=C\C/C=C\C/C=C\C/C=C\CC. The summed E-state index contributed by atoms with van der Waals surface area (Å²) >= 11 is 0. The number of phosphoric acid groups is 2. The predicted molar refractivity (Wildman–Crippen MR) is 435 cm³/mol. The first-order valence-electron chi connectivity index (χ1n) is 39.7. The molecule has 0 aliphatic rings. The number of unbranched alkanes of at least 4 members (excludes halogenated alkanes) is 18. The summed E-state index contributed by atoms with van der Waals surface area (Å²) in [5, 5.41) is 20.7. The third kappa shape index (κ3) is 79.3. The smallest absolute Gasteiger partial charge is 0.463 e. The molecule has 16 nitrogen and oxygen atoms in total. The zero-order valence-corrected chi connectivity index (χ0v) is 66.6. The van der Waals surface area contributed by atoms with E-state index in [2.05, 4.69) is 215 Å². The highest BCUT2D eigenvalue weighted by atomic mass is 31.2. The van der Waals surface area contributed by atoms with Gasteiger partial charge in [0.2, 0.25) is 0 Å². The van der Waals surface area contributed by atoms with Crippen molar-refractivity contribution < 1.29 is 75.8 Å². The Labute approximate surface area is 636 Å². The topological polar surface area (TPSA) is 231 Å². The number of ether oxygens (including phenoxy) is 3. The summed E-state index contributed by atoms with van der Waals surface area (Å²) in [4.78, 5) is 58.7. The molecule has 5 unspecified atom stereocenters. The Balaban J connectivity index is 4.75. The maximum Gasteiger partial charge on any atom is 0.472 e. The number of rotatable bonds is 73. The molecule has 594 valence electrons. The van der Waals surface area contributed by atoms with Crippen molar-refractivity contribution in [1.29, 1.82) is 0 Å². The number of esters is 3. The van der Waals surface area contributed by atoms with E-state index in [1.807, 2.05) is 0 Å². The number of carbonyl (C=O) groups excluding carboxylic acids is 3. The quantitative estimate of drug-likeness (QED) is 0.0146. The zero-order valence-electron chi connectivity index (χ0n) is 64.8. The Morgan fingerprint density at radius 1 is 0.276 bits per heavy atom. The number of aliphatic hydroxyl groups excluding tert-OH is 2. The third-order valence-corrected chi connectivity index (χ3v) is 17.7. The zero-order chi connectivity index (χ0) is 76.6. The first-order chi connectivity index (χ1) is 51.2. The molecule has 5 atom stereocenters. The van der Waals surface area contributed by atoms with Crippen molar-refractivity contribution in [3.63, 3.8) is 0 Å². The van der Waals surface area contributed by atoms with Crippen molar-refractivity contribution in [1.82, 2.24) is 0 Å². The number of carbonyl (C=O) groups is 3. The Hall–Kier alpha value is -5.61. The summed E-state index contributed by atoms with van der Waals surface area (Å²) in [6.45, 7) is 2.29. The van der Waals surface area contributed by atoms with E-state index in [1.165, 1.54) is 64.2 Å². The summed E-state index contributed by atoms with van der Waals surface area (Å²) < 4.78 is 61.1. The third-order valence-electron chi connectivity index (χ3n) is 15.8. The van der Waals surface area contributed by atoms with Crippen LogP contribution in [0.25, 0.3) is 0 Å². The van der Waals surface area contributed by atoms with Crippen molar-refractivity contribution in [2.24, 2.45) is 0 Å². The molecule has 0 fully saturated rings. The fraction of sp³-hybridized carbons (Fsp3) is 0.598. The van der Waals surface area contributed by atoms with Crippen LogP contribution < -0.4 is 0 Å². The number of hydrogen-bond acceptors (Lipinski definition) is 14. The van der Waals surface area contributed by atoms with Crippen LogP contribution in [0.3, 0.4) is 0 Å². The highest BCUT2D eigenvalue weighted by Gasteiger charge is 2.29. The van der Waals surface area contributed by atoms with Gasteiger partial charge in [-0.1, -0.05) is 286 Å². The van der Waals surface area contributed by atoms with Crippen LogP contribution >= 0.6 is 15.6 Å². The van der Waals surface area contributed by atoms with Crippen molar-refractivity contribution in [3.8, 4) is 0 Å². The van der Waals surface area contributed by atoms with E-state index in [0.29, 0.717) is 25.7 Å². The highest BCUT2D eigenvalue weighted by Crippen LogP contribution is 2.45. The first-order valence-corrected chi connectivity index (χ1v) is 42.7. The van der Waals surface area contributed by atoms with Crippen LogP contribution in [0, 0.1) is 0 Å². The van der Waals surface area contributed by atoms with Gasteiger partial charge in [-0.2, -0.15) is 0 Å². The van der Waals surface area contributed by atoms with Gasteiger partial charge in [0.25, 0.3) is 0 Å².